The van der Waals surface area contributed by atoms with E-state index in [2.05, 4.69) is 0 Å². The van der Waals surface area contributed by atoms with E-state index in [-0.39, 0.29) is 36.2 Å². The van der Waals surface area contributed by atoms with Crippen molar-refractivity contribution in [2.24, 2.45) is 11.7 Å². The molecular weight excluding hydrogens is 356 g/mol. The van der Waals surface area contributed by atoms with E-state index in [4.69, 9.17) is 11.6 Å². The summed E-state index contributed by atoms with van der Waals surface area (Å²) in [4.78, 5) is 26.6. The average Bonchev–Trinajstić information content (AvgIpc) is 3.36. The molecule has 146 valence electrons. The van der Waals surface area contributed by atoms with Gasteiger partial charge in [0, 0.05) is 36.7 Å². The molecule has 0 spiro atoms. The number of alkyl halides is 1. The van der Waals surface area contributed by atoms with Crippen molar-refractivity contribution < 1.29 is 8.78 Å². The van der Waals surface area contributed by atoms with Crippen molar-refractivity contribution in [3.63, 3.8) is 0 Å². The Bertz CT molecular complexity index is 1040. The Balaban J connectivity index is 1.97. The molecule has 1 saturated carbocycles. The number of rotatable bonds is 3. The number of hydrogen-bond acceptors (Lipinski definition) is 5. The van der Waals surface area contributed by atoms with Crippen molar-refractivity contribution in [1.29, 1.82) is 0 Å². The maximum Gasteiger partial charge on any atom is 0.350 e. The quantitative estimate of drug-likeness (QED) is 0.768. The lowest BCUT2D eigenvalue weighted by molar-refractivity contribution is 0.259. The number of fused-ring (bicyclic) bond motifs is 1. The van der Waals surface area contributed by atoms with Crippen LogP contribution in [-0.4, -0.2) is 34.5 Å². The number of anilines is 1. The summed E-state index contributed by atoms with van der Waals surface area (Å²) in [5.41, 5.74) is 5.55. The predicted octanol–water partition coefficient (Wildman–Crippen LogP) is 0.781. The second kappa shape index (κ2) is 6.05. The molecule has 4 rings (SSSR count). The lowest BCUT2D eigenvalue weighted by Crippen LogP contribution is -2.44. The summed E-state index contributed by atoms with van der Waals surface area (Å²) in [6.07, 6.45) is 0.423. The summed E-state index contributed by atoms with van der Waals surface area (Å²) < 4.78 is 31.4. The highest BCUT2D eigenvalue weighted by molar-refractivity contribution is 5.87. The lowest BCUT2D eigenvalue weighted by atomic mass is 10.00. The molecule has 2 heterocycles. The third kappa shape index (κ3) is 2.63. The molecule has 7 nitrogen and oxygen atoms in total. The van der Waals surface area contributed by atoms with Crippen LogP contribution in [0, 0.1) is 18.7 Å². The minimum absolute atomic E-state index is 0.0249. The van der Waals surface area contributed by atoms with Crippen molar-refractivity contribution >= 4 is 16.6 Å². The summed E-state index contributed by atoms with van der Waals surface area (Å²) in [7, 11) is 0. The van der Waals surface area contributed by atoms with Gasteiger partial charge in [-0.2, -0.15) is 4.68 Å². The number of aromatic nitrogens is 2. The number of nitrogen functional groups attached to an aromatic ring is 1. The molecule has 1 aromatic carbocycles. The maximum atomic E-state index is 15.0. The molecule has 1 aromatic heterocycles. The number of nitrogens with zero attached hydrogens (tertiary/aromatic N) is 3. The second-order valence-electron chi connectivity index (χ2n) is 7.73. The fraction of sp³-hybridized carbons (Fsp3) is 0.556. The molecule has 3 atom stereocenters. The van der Waals surface area contributed by atoms with Crippen LogP contribution < -0.4 is 27.7 Å². The van der Waals surface area contributed by atoms with Gasteiger partial charge in [-0.05, 0) is 32.8 Å². The summed E-state index contributed by atoms with van der Waals surface area (Å²) >= 11 is 0. The van der Waals surface area contributed by atoms with Crippen molar-refractivity contribution in [2.45, 2.75) is 44.9 Å². The molecule has 2 aromatic rings. The van der Waals surface area contributed by atoms with E-state index < -0.39 is 29.2 Å². The number of halogens is 2. The summed E-state index contributed by atoms with van der Waals surface area (Å²) in [5, 5.41) is 0.0579. The molecule has 1 aliphatic heterocycles. The highest BCUT2D eigenvalue weighted by atomic mass is 19.1. The van der Waals surface area contributed by atoms with Gasteiger partial charge >= 0.3 is 5.69 Å². The van der Waals surface area contributed by atoms with E-state index in [9.17, 15) is 18.4 Å². The Morgan fingerprint density at radius 3 is 2.48 bits per heavy atom. The fourth-order valence-corrected chi connectivity index (χ4v) is 4.19. The Labute approximate surface area is 154 Å². The van der Waals surface area contributed by atoms with Crippen LogP contribution >= 0.6 is 0 Å². The smallest absolute Gasteiger partial charge is 0.350 e. The zero-order chi connectivity index (χ0) is 19.6. The molecule has 0 radical (unpaired) electrons. The Morgan fingerprint density at radius 2 is 1.93 bits per heavy atom. The maximum absolute atomic E-state index is 15.0. The fourth-order valence-electron chi connectivity index (χ4n) is 4.19. The van der Waals surface area contributed by atoms with Crippen LogP contribution in [0.1, 0.15) is 31.4 Å². The van der Waals surface area contributed by atoms with Crippen molar-refractivity contribution in [3.8, 4) is 0 Å². The normalized spacial score (nSPS) is 24.0. The summed E-state index contributed by atoms with van der Waals surface area (Å²) in [6.45, 7) is 3.70. The summed E-state index contributed by atoms with van der Waals surface area (Å²) in [6, 6.07) is 0.688. The van der Waals surface area contributed by atoms with E-state index in [1.807, 2.05) is 0 Å². The van der Waals surface area contributed by atoms with Gasteiger partial charge in [-0.3, -0.25) is 9.36 Å². The molecule has 1 aliphatic carbocycles. The van der Waals surface area contributed by atoms with E-state index in [0.29, 0.717) is 15.8 Å². The minimum atomic E-state index is -1.16. The first kappa shape index (κ1) is 18.0. The van der Waals surface area contributed by atoms with Gasteiger partial charge in [-0.15, -0.1) is 0 Å². The van der Waals surface area contributed by atoms with Gasteiger partial charge in [0.15, 0.2) is 0 Å². The molecule has 4 N–H and O–H groups in total. The van der Waals surface area contributed by atoms with Crippen molar-refractivity contribution in [3.05, 3.63) is 38.3 Å². The van der Waals surface area contributed by atoms with Gasteiger partial charge in [0.05, 0.1) is 16.6 Å². The van der Waals surface area contributed by atoms with Crippen LogP contribution in [0.4, 0.5) is 14.5 Å². The van der Waals surface area contributed by atoms with Crippen LogP contribution in [-0.2, 0) is 0 Å². The zero-order valence-corrected chi connectivity index (χ0v) is 15.3. The third-order valence-electron chi connectivity index (χ3n) is 5.76. The average molecular weight is 379 g/mol. The largest absolute Gasteiger partial charge is 0.366 e. The van der Waals surface area contributed by atoms with Gasteiger partial charge in [0.25, 0.3) is 5.56 Å². The number of hydrogen-bond donors (Lipinski definition) is 2. The minimum Gasteiger partial charge on any atom is -0.366 e. The van der Waals surface area contributed by atoms with Crippen LogP contribution in [0.2, 0.25) is 0 Å². The molecular formula is C18H23F2N5O2. The van der Waals surface area contributed by atoms with E-state index in [1.54, 1.807) is 18.7 Å². The number of benzene rings is 1. The van der Waals surface area contributed by atoms with Gasteiger partial charge < -0.3 is 16.5 Å². The van der Waals surface area contributed by atoms with Gasteiger partial charge in [-0.1, -0.05) is 0 Å². The first-order valence-corrected chi connectivity index (χ1v) is 9.12. The SMILES string of the molecule is Cc1c(N2CC(F)C(C(C)N)C2)c(F)cc2c(=O)n(N)c(=O)n(C3CC3)c12. The highest BCUT2D eigenvalue weighted by Crippen LogP contribution is 2.39. The molecule has 0 bridgehead atoms. The predicted molar refractivity (Wildman–Crippen MR) is 99.8 cm³/mol. The van der Waals surface area contributed by atoms with Gasteiger partial charge in [-0.25, -0.2) is 13.6 Å². The highest BCUT2D eigenvalue weighted by Gasteiger charge is 2.38. The Hall–Kier alpha value is -2.42. The zero-order valence-electron chi connectivity index (χ0n) is 15.3. The number of nitrogens with two attached hydrogens (primary N) is 2. The van der Waals surface area contributed by atoms with Crippen molar-refractivity contribution in [1.82, 2.24) is 9.24 Å². The number of aryl methyl sites for hydroxylation is 1. The van der Waals surface area contributed by atoms with Crippen LogP contribution in [0.15, 0.2) is 15.7 Å². The molecule has 1 saturated heterocycles. The summed E-state index contributed by atoms with van der Waals surface area (Å²) in [5.74, 6) is 4.59. The second-order valence-corrected chi connectivity index (χ2v) is 7.73. The van der Waals surface area contributed by atoms with Crippen LogP contribution in [0.3, 0.4) is 0 Å². The van der Waals surface area contributed by atoms with E-state index in [1.165, 1.54) is 4.57 Å². The first-order chi connectivity index (χ1) is 12.7. The Morgan fingerprint density at radius 1 is 1.26 bits per heavy atom. The molecule has 0 amide bonds. The Kier molecular flexibility index (Phi) is 4.03. The van der Waals surface area contributed by atoms with Crippen LogP contribution in [0.5, 0.6) is 0 Å². The lowest BCUT2D eigenvalue weighted by Gasteiger charge is -2.24. The van der Waals surface area contributed by atoms with Gasteiger partial charge in [0.1, 0.15) is 12.0 Å². The van der Waals surface area contributed by atoms with E-state index in [0.717, 1.165) is 18.9 Å². The molecule has 2 aliphatic rings. The van der Waals surface area contributed by atoms with Crippen LogP contribution in [0.25, 0.3) is 10.9 Å². The first-order valence-electron chi connectivity index (χ1n) is 9.12. The molecule has 3 unspecified atom stereocenters. The van der Waals surface area contributed by atoms with E-state index >= 15 is 0 Å². The third-order valence-corrected chi connectivity index (χ3v) is 5.76. The van der Waals surface area contributed by atoms with Crippen molar-refractivity contribution in [2.75, 3.05) is 23.8 Å². The van der Waals surface area contributed by atoms with Gasteiger partial charge in [0.2, 0.25) is 0 Å². The standard InChI is InChI=1S/C18H23F2N5O2/c1-8-15-11(17(26)25(22)18(27)24(15)10-3-4-10)5-13(19)16(8)23-6-12(9(2)21)14(20)7-23/h5,9-10,12,14H,3-4,6-7,21-22H2,1-2H3. The molecule has 27 heavy (non-hydrogen) atoms. The molecule has 2 fully saturated rings. The monoisotopic (exact) mass is 379 g/mol. The molecule has 9 heteroatoms. The topological polar surface area (TPSA) is 99.3 Å².